The Labute approximate surface area is 157 Å². The van der Waals surface area contributed by atoms with Crippen molar-refractivity contribution >= 4 is 33.2 Å². The molecule has 8 heteroatoms. The molecule has 2 aromatic rings. The summed E-state index contributed by atoms with van der Waals surface area (Å²) in [5, 5.41) is 3.30. The Bertz CT molecular complexity index is 861. The monoisotopic (exact) mass is 394 g/mol. The number of ether oxygens (including phenoxy) is 1. The summed E-state index contributed by atoms with van der Waals surface area (Å²) in [5.74, 6) is -0.330. The van der Waals surface area contributed by atoms with Gasteiger partial charge in [-0.3, -0.25) is 4.79 Å². The molecule has 0 saturated carbocycles. The third-order valence-electron chi connectivity index (χ3n) is 4.05. The number of carbonyl (C=O) groups is 1. The molecule has 1 atom stereocenters. The van der Waals surface area contributed by atoms with Gasteiger partial charge in [-0.25, -0.2) is 13.1 Å². The SMILES string of the molecule is O=C(Nc1ccc(Cl)cc1)c1ccc(S(=O)(=O)NC[C@@H]2CCCO2)cc1. The van der Waals surface area contributed by atoms with Crippen molar-refractivity contribution < 1.29 is 17.9 Å². The second-order valence-corrected chi connectivity index (χ2v) is 8.18. The number of sulfonamides is 1. The van der Waals surface area contributed by atoms with E-state index >= 15 is 0 Å². The molecule has 1 aliphatic rings. The average molecular weight is 395 g/mol. The topological polar surface area (TPSA) is 84.5 Å². The zero-order chi connectivity index (χ0) is 18.6. The van der Waals surface area contributed by atoms with Crippen LogP contribution in [0.3, 0.4) is 0 Å². The van der Waals surface area contributed by atoms with E-state index in [1.54, 1.807) is 24.3 Å². The van der Waals surface area contributed by atoms with Crippen LogP contribution in [-0.2, 0) is 14.8 Å². The molecule has 138 valence electrons. The Balaban J connectivity index is 1.63. The van der Waals surface area contributed by atoms with Gasteiger partial charge in [-0.1, -0.05) is 11.6 Å². The van der Waals surface area contributed by atoms with E-state index in [2.05, 4.69) is 10.0 Å². The maximum absolute atomic E-state index is 12.3. The molecule has 1 amide bonds. The van der Waals surface area contributed by atoms with Gasteiger partial charge in [0.15, 0.2) is 0 Å². The first-order chi connectivity index (χ1) is 12.4. The predicted octanol–water partition coefficient (Wildman–Crippen LogP) is 3.05. The fourth-order valence-corrected chi connectivity index (χ4v) is 3.81. The molecular weight excluding hydrogens is 376 g/mol. The summed E-state index contributed by atoms with van der Waals surface area (Å²) in [6.07, 6.45) is 1.73. The van der Waals surface area contributed by atoms with Crippen LogP contribution in [0.15, 0.2) is 53.4 Å². The number of carbonyl (C=O) groups excluding carboxylic acids is 1. The number of halogens is 1. The fourth-order valence-electron chi connectivity index (χ4n) is 2.61. The quantitative estimate of drug-likeness (QED) is 0.788. The van der Waals surface area contributed by atoms with Gasteiger partial charge in [0.05, 0.1) is 11.0 Å². The van der Waals surface area contributed by atoms with E-state index in [0.717, 1.165) is 12.8 Å². The highest BCUT2D eigenvalue weighted by molar-refractivity contribution is 7.89. The Morgan fingerprint density at radius 3 is 2.42 bits per heavy atom. The molecule has 0 radical (unpaired) electrons. The van der Waals surface area contributed by atoms with Crippen molar-refractivity contribution in [1.29, 1.82) is 0 Å². The second-order valence-electron chi connectivity index (χ2n) is 5.97. The lowest BCUT2D eigenvalue weighted by molar-refractivity contribution is 0.102. The second kappa shape index (κ2) is 8.18. The van der Waals surface area contributed by atoms with E-state index in [1.165, 1.54) is 24.3 Å². The summed E-state index contributed by atoms with van der Waals surface area (Å²) in [5.41, 5.74) is 0.965. The lowest BCUT2D eigenvalue weighted by Gasteiger charge is -2.12. The molecule has 0 spiro atoms. The van der Waals surface area contributed by atoms with Gasteiger partial charge in [-0.2, -0.15) is 0 Å². The van der Waals surface area contributed by atoms with Crippen molar-refractivity contribution in [2.24, 2.45) is 0 Å². The molecule has 6 nitrogen and oxygen atoms in total. The minimum Gasteiger partial charge on any atom is -0.377 e. The van der Waals surface area contributed by atoms with Gasteiger partial charge in [0.25, 0.3) is 5.91 Å². The van der Waals surface area contributed by atoms with Crippen molar-refractivity contribution in [2.75, 3.05) is 18.5 Å². The van der Waals surface area contributed by atoms with Gasteiger partial charge in [-0.05, 0) is 61.4 Å². The number of hydrogen-bond donors (Lipinski definition) is 2. The van der Waals surface area contributed by atoms with Crippen LogP contribution in [0, 0.1) is 0 Å². The van der Waals surface area contributed by atoms with E-state index in [0.29, 0.717) is 22.9 Å². The maximum Gasteiger partial charge on any atom is 0.255 e. The van der Waals surface area contributed by atoms with Gasteiger partial charge in [0, 0.05) is 29.4 Å². The number of benzene rings is 2. The largest absolute Gasteiger partial charge is 0.377 e. The lowest BCUT2D eigenvalue weighted by atomic mass is 10.2. The number of rotatable bonds is 6. The summed E-state index contributed by atoms with van der Waals surface area (Å²) in [6.45, 7) is 0.922. The summed E-state index contributed by atoms with van der Waals surface area (Å²) < 4.78 is 32.6. The maximum atomic E-state index is 12.3. The minimum absolute atomic E-state index is 0.0748. The van der Waals surface area contributed by atoms with E-state index in [1.807, 2.05) is 0 Å². The third-order valence-corrected chi connectivity index (χ3v) is 5.75. The number of nitrogens with one attached hydrogen (secondary N) is 2. The number of amides is 1. The van der Waals surface area contributed by atoms with Gasteiger partial charge < -0.3 is 10.1 Å². The highest BCUT2D eigenvalue weighted by Crippen LogP contribution is 2.16. The Morgan fingerprint density at radius 1 is 1.12 bits per heavy atom. The molecule has 1 heterocycles. The van der Waals surface area contributed by atoms with E-state index < -0.39 is 10.0 Å². The predicted molar refractivity (Wildman–Crippen MR) is 100 cm³/mol. The smallest absolute Gasteiger partial charge is 0.255 e. The molecule has 2 aromatic carbocycles. The van der Waals surface area contributed by atoms with Crippen LogP contribution < -0.4 is 10.0 Å². The molecule has 0 bridgehead atoms. The average Bonchev–Trinajstić information content (AvgIpc) is 3.16. The molecule has 1 saturated heterocycles. The molecule has 3 rings (SSSR count). The molecule has 1 aliphatic heterocycles. The lowest BCUT2D eigenvalue weighted by Crippen LogP contribution is -2.31. The number of hydrogen-bond acceptors (Lipinski definition) is 4. The van der Waals surface area contributed by atoms with Gasteiger partial charge in [0.1, 0.15) is 0 Å². The van der Waals surface area contributed by atoms with Crippen LogP contribution in [-0.4, -0.2) is 33.6 Å². The van der Waals surface area contributed by atoms with Crippen molar-refractivity contribution in [1.82, 2.24) is 4.72 Å². The molecule has 0 unspecified atom stereocenters. The molecule has 1 fully saturated rings. The van der Waals surface area contributed by atoms with Crippen molar-refractivity contribution in [2.45, 2.75) is 23.8 Å². The summed E-state index contributed by atoms with van der Waals surface area (Å²) >= 11 is 5.81. The number of anilines is 1. The van der Waals surface area contributed by atoms with Crippen molar-refractivity contribution in [3.8, 4) is 0 Å². The van der Waals surface area contributed by atoms with Crippen molar-refractivity contribution in [3.63, 3.8) is 0 Å². The Hall–Kier alpha value is -1.93. The van der Waals surface area contributed by atoms with Gasteiger partial charge in [0.2, 0.25) is 10.0 Å². The first kappa shape index (κ1) is 18.8. The molecular formula is C18H19ClN2O4S. The van der Waals surface area contributed by atoms with Crippen LogP contribution in [0.1, 0.15) is 23.2 Å². The molecule has 0 aromatic heterocycles. The van der Waals surface area contributed by atoms with E-state index in [4.69, 9.17) is 16.3 Å². The Kier molecular flexibility index (Phi) is 5.93. The van der Waals surface area contributed by atoms with E-state index in [9.17, 15) is 13.2 Å². The van der Waals surface area contributed by atoms with Crippen molar-refractivity contribution in [3.05, 3.63) is 59.1 Å². The molecule has 26 heavy (non-hydrogen) atoms. The van der Waals surface area contributed by atoms with Crippen LogP contribution in [0.4, 0.5) is 5.69 Å². The normalized spacial score (nSPS) is 17.2. The first-order valence-electron chi connectivity index (χ1n) is 8.22. The first-order valence-corrected chi connectivity index (χ1v) is 10.1. The summed E-state index contributed by atoms with van der Waals surface area (Å²) in [4.78, 5) is 12.3. The summed E-state index contributed by atoms with van der Waals surface area (Å²) in [7, 11) is -3.63. The van der Waals surface area contributed by atoms with Crippen LogP contribution in [0.25, 0.3) is 0 Å². The van der Waals surface area contributed by atoms with Crippen LogP contribution in [0.5, 0.6) is 0 Å². The van der Waals surface area contributed by atoms with Crippen LogP contribution in [0.2, 0.25) is 5.02 Å². The van der Waals surface area contributed by atoms with Crippen LogP contribution >= 0.6 is 11.6 Å². The third kappa shape index (κ3) is 4.82. The highest BCUT2D eigenvalue weighted by Gasteiger charge is 2.20. The highest BCUT2D eigenvalue weighted by atomic mass is 35.5. The van der Waals surface area contributed by atoms with E-state index in [-0.39, 0.29) is 23.5 Å². The summed E-state index contributed by atoms with van der Waals surface area (Å²) in [6, 6.07) is 12.5. The zero-order valence-corrected chi connectivity index (χ0v) is 15.5. The van der Waals surface area contributed by atoms with Gasteiger partial charge >= 0.3 is 0 Å². The zero-order valence-electron chi connectivity index (χ0n) is 13.9. The minimum atomic E-state index is -3.63. The van der Waals surface area contributed by atoms with Gasteiger partial charge in [-0.15, -0.1) is 0 Å². The Morgan fingerprint density at radius 2 is 1.81 bits per heavy atom. The molecule has 0 aliphatic carbocycles. The standard InChI is InChI=1S/C18H19ClN2O4S/c19-14-5-7-15(8-6-14)21-18(22)13-3-9-17(10-4-13)26(23,24)20-12-16-2-1-11-25-16/h3-10,16,20H,1-2,11-12H2,(H,21,22)/t16-/m0/s1. The fraction of sp³-hybridized carbons (Fsp3) is 0.278. The molecule has 2 N–H and O–H groups in total.